The molecule has 0 aliphatic carbocycles. The molecule has 0 bridgehead atoms. The molecule has 18 N–H and O–H groups in total. The third-order valence-electron chi connectivity index (χ3n) is 5.95. The molecule has 0 atom stereocenters. The van der Waals surface area contributed by atoms with Gasteiger partial charge in [0.05, 0.1) is 0 Å². The fraction of sp³-hybridized carbons (Fsp3) is 0.800. The van der Waals surface area contributed by atoms with Gasteiger partial charge in [-0.1, -0.05) is 56.3 Å². The summed E-state index contributed by atoms with van der Waals surface area (Å²) >= 11 is -21.2. The van der Waals surface area contributed by atoms with Crippen molar-refractivity contribution in [2.75, 3.05) is 45.8 Å². The molecule has 0 aromatic carbocycles. The molecule has 57 heavy (non-hydrogen) atoms. The first kappa shape index (κ1) is 88.3. The van der Waals surface area contributed by atoms with E-state index < -0.39 is 109 Å². The van der Waals surface area contributed by atoms with Crippen molar-refractivity contribution in [1.82, 2.24) is 0 Å². The van der Waals surface area contributed by atoms with Crippen LogP contribution in [0, 0.1) is 17.8 Å². The molecule has 4 aliphatic rings. The molecule has 346 valence electrons. The molecule has 0 aromatic rings. The Morgan fingerprint density at radius 2 is 0.842 bits per heavy atom. The Hall–Kier alpha value is 4.50. The summed E-state index contributed by atoms with van der Waals surface area (Å²) < 4.78 is 142. The topological polar surface area (TPSA) is 484 Å². The van der Waals surface area contributed by atoms with Gasteiger partial charge in [-0.05, 0) is 17.8 Å². The van der Waals surface area contributed by atoms with Crippen LogP contribution in [0.25, 0.3) is 33.6 Å². The third kappa shape index (κ3) is 91.8. The maximum atomic E-state index is 9.43. The zero-order valence-electron chi connectivity index (χ0n) is 29.8. The summed E-state index contributed by atoms with van der Waals surface area (Å²) in [5.74, 6) is 2.73. The van der Waals surface area contributed by atoms with Gasteiger partial charge in [-0.2, -0.15) is 6.20 Å². The number of nitrogens with two attached hydrogens (primary N) is 2. The second-order valence-electron chi connectivity index (χ2n) is 9.05. The van der Waals surface area contributed by atoms with E-state index in [2.05, 4.69) is 36.0 Å². The van der Waals surface area contributed by atoms with E-state index in [1.54, 1.807) is 0 Å². The van der Waals surface area contributed by atoms with Crippen molar-refractivity contribution in [3.05, 3.63) is 57.5 Å². The first-order valence-corrected chi connectivity index (χ1v) is 27.9. The zero-order valence-corrected chi connectivity index (χ0v) is 48.0. The van der Waals surface area contributed by atoms with Crippen LogP contribution in [0.2, 0.25) is 0 Å². The molecule has 5 radical (unpaired) electrons. The zero-order chi connectivity index (χ0) is 39.3. The first-order chi connectivity index (χ1) is 23.4. The van der Waals surface area contributed by atoms with Crippen LogP contribution in [0.5, 0.6) is 0 Å². The van der Waals surface area contributed by atoms with Crippen LogP contribution in [0.4, 0.5) is 0 Å². The normalized spacial score (nSPS) is 15.4. The van der Waals surface area contributed by atoms with Crippen LogP contribution in [-0.4, -0.2) is 148 Å². The minimum Gasteiger partial charge on any atom is 0 e. The van der Waals surface area contributed by atoms with E-state index in [0.29, 0.717) is 0 Å². The van der Waals surface area contributed by atoms with E-state index in [-0.39, 0.29) is 105 Å². The fourth-order valence-electron chi connectivity index (χ4n) is 4.32. The fourth-order valence-corrected chi connectivity index (χ4v) is 4.78. The van der Waals surface area contributed by atoms with E-state index in [9.17, 15) is 7.35 Å². The quantitative estimate of drug-likeness (QED) is 0.120. The van der Waals surface area contributed by atoms with Crippen LogP contribution < -0.4 is 0 Å². The van der Waals surface area contributed by atoms with Gasteiger partial charge in [0, 0.05) is 92.8 Å². The van der Waals surface area contributed by atoms with E-state index in [0.717, 1.165) is 63.6 Å². The van der Waals surface area contributed by atoms with E-state index in [1.165, 1.54) is 44.1 Å². The van der Waals surface area contributed by atoms with Gasteiger partial charge in [-0.25, -0.2) is 0 Å². The molecule has 0 unspecified atom stereocenters. The Bertz CT molecular complexity index is 868. The largest absolute Gasteiger partial charge is 0 e. The predicted octanol–water partition coefficient (Wildman–Crippen LogP) is -3.72. The molecule has 25 nitrogen and oxygen atoms in total. The van der Waals surface area contributed by atoms with Crippen LogP contribution in [0.1, 0.15) is 38.5 Å². The number of nitrogens with zero attached hydrogens (tertiary/aromatic N) is 4. The number of piperidine rings is 3. The van der Waals surface area contributed by atoms with Gasteiger partial charge in [0.25, 0.3) is 0 Å². The van der Waals surface area contributed by atoms with Gasteiger partial charge in [-0.15, -0.1) is 45.8 Å². The molecular weight excluding hydrogens is 1320 g/mol. The molecule has 37 heteroatoms. The minimum atomic E-state index is -3.44. The molecule has 0 amide bonds. The Labute approximate surface area is 430 Å². The summed E-state index contributed by atoms with van der Waals surface area (Å²) in [4.78, 5) is 0. The number of allylic oxidation sites excluding steroid dienone is 2. The van der Waals surface area contributed by atoms with Crippen LogP contribution in [-0.2, 0) is 174 Å². The predicted molar refractivity (Wildman–Crippen MR) is 170 cm³/mol. The first-order valence-electron chi connectivity index (χ1n) is 13.8. The Morgan fingerprint density at radius 1 is 0.579 bits per heavy atom. The summed E-state index contributed by atoms with van der Waals surface area (Å²) in [6.45, 7) is 7.46. The van der Waals surface area contributed by atoms with Gasteiger partial charge >= 0.3 is 184 Å². The van der Waals surface area contributed by atoms with E-state index in [1.807, 2.05) is 6.20 Å². The van der Waals surface area contributed by atoms with Crippen LogP contribution >= 0.6 is 0 Å². The average molecular weight is 1380 g/mol. The Morgan fingerprint density at radius 3 is 1.04 bits per heavy atom. The van der Waals surface area contributed by atoms with Gasteiger partial charge < -0.3 is 33.6 Å². The second kappa shape index (κ2) is 67.1. The standard InChI is InChI=1S/C10H18N2.C10H14N2.2H2N.3H4O3Se.5H2O.5O.9V/c2*1-5-11-6-2-9(1)10-3-7-12-8-4-10;;;3*1-4(2)3;;;;;;;;;;;;;;;;;;;/h9-10H,1-8H2;1-2,5,10H,3-4,6-8H2;2*1H2;3*1-4H;5*1H2;;;;;;;;;;;;;;/q2*-2;2*-1;;;;;;;;;;;;;;;;;;;;+1;2*+2/p-5. The van der Waals surface area contributed by atoms with Crippen molar-refractivity contribution < 1.29 is 232 Å². The summed E-state index contributed by atoms with van der Waals surface area (Å²) in [5.41, 5.74) is 1.49. The Kier molecular flexibility index (Phi) is 104. The SMILES string of the molecule is C1=CC(C2CC[N-]CC2)=CC[N-]1.C1CC(C2CC[N-]CC2)CC[N-]1.O[SeH](O)O.O[SeH](O)O.O[SeH](O)O.[NH2-].[NH2-].[O]=[V]([OH])[OH].[O]=[V]([OH])[OH].[O]=[V][O][V](=[O])[OH].[V].[V].[V].[V].[V]. The minimum absolute atomic E-state index is 0. The maximum absolute atomic E-state index is 9.43. The number of hydrogen-bond donors (Lipinski definition) is 14. The molecule has 0 spiro atoms. The molecule has 4 aliphatic heterocycles. The average Bonchev–Trinajstić information content (AvgIpc) is 3.02. The van der Waals surface area contributed by atoms with Gasteiger partial charge in [0.1, 0.15) is 0 Å². The van der Waals surface area contributed by atoms with Gasteiger partial charge in [0.15, 0.2) is 0 Å². The van der Waals surface area contributed by atoms with Gasteiger partial charge in [0.2, 0.25) is 0 Å². The number of rotatable bonds is 4. The maximum Gasteiger partial charge on any atom is 0 e. The van der Waals surface area contributed by atoms with Crippen LogP contribution in [0.15, 0.2) is 23.9 Å². The molecule has 3 fully saturated rings. The second-order valence-corrected chi connectivity index (χ2v) is 16.3. The summed E-state index contributed by atoms with van der Waals surface area (Å²) in [5, 5.41) is 17.3. The monoisotopic (exact) mass is 1380 g/mol. The van der Waals surface area contributed by atoms with Crippen molar-refractivity contribution in [3.63, 3.8) is 0 Å². The molecule has 0 aromatic heterocycles. The molecular formula is C20H53N6O19Se3V9-6. The van der Waals surface area contributed by atoms with E-state index >= 15 is 0 Å². The van der Waals surface area contributed by atoms with Crippen molar-refractivity contribution in [2.24, 2.45) is 17.8 Å². The van der Waals surface area contributed by atoms with E-state index in [4.69, 9.17) is 65.2 Å². The van der Waals surface area contributed by atoms with Gasteiger partial charge in [-0.3, -0.25) is 0 Å². The molecule has 4 rings (SSSR count). The smallest absolute Gasteiger partial charge is 0 e. The van der Waals surface area contributed by atoms with Crippen molar-refractivity contribution >= 4 is 44.7 Å². The van der Waals surface area contributed by atoms with Crippen molar-refractivity contribution in [3.8, 4) is 0 Å². The Balaban J connectivity index is -0.0000000490. The molecule has 4 heterocycles. The summed E-state index contributed by atoms with van der Waals surface area (Å²) in [7, 11) is 0. The van der Waals surface area contributed by atoms with Crippen molar-refractivity contribution in [2.45, 2.75) is 38.5 Å². The molecule has 0 saturated carbocycles. The summed E-state index contributed by atoms with van der Waals surface area (Å²) in [6, 6.07) is 0. The van der Waals surface area contributed by atoms with Crippen LogP contribution in [0.3, 0.4) is 0 Å². The van der Waals surface area contributed by atoms with Crippen molar-refractivity contribution in [1.29, 1.82) is 0 Å². The summed E-state index contributed by atoms with van der Waals surface area (Å²) in [6.07, 6.45) is 14.2. The number of hydrogen-bond acceptors (Lipinski definition) is 14. The molecule has 3 saturated heterocycles. The third-order valence-corrected chi connectivity index (χ3v) is 7.60.